The molecule has 27 heavy (non-hydrogen) atoms. The molecule has 0 saturated carbocycles. The lowest BCUT2D eigenvalue weighted by molar-refractivity contribution is 0.0377. The lowest BCUT2D eigenvalue weighted by Crippen LogP contribution is -2.17. The van der Waals surface area contributed by atoms with Crippen molar-refractivity contribution in [3.63, 3.8) is 0 Å². The minimum Gasteiger partial charge on any atom is -0.459 e. The van der Waals surface area contributed by atoms with Crippen LogP contribution in [0.1, 0.15) is 58.8 Å². The summed E-state index contributed by atoms with van der Waals surface area (Å²) in [7, 11) is 0. The molecule has 1 N–H and O–H groups in total. The van der Waals surface area contributed by atoms with Crippen molar-refractivity contribution in [2.24, 2.45) is 0 Å². The van der Waals surface area contributed by atoms with Crippen LogP contribution in [0.25, 0.3) is 0 Å². The molecule has 1 aromatic carbocycles. The van der Waals surface area contributed by atoms with Gasteiger partial charge in [0.1, 0.15) is 0 Å². The van der Waals surface area contributed by atoms with E-state index in [1.807, 2.05) is 0 Å². The highest BCUT2D eigenvalue weighted by atomic mass is 16.5. The summed E-state index contributed by atoms with van der Waals surface area (Å²) in [5, 5.41) is 2.66. The maximum absolute atomic E-state index is 12.3. The minimum atomic E-state index is -0.596. The van der Waals surface area contributed by atoms with Crippen LogP contribution < -0.4 is 5.32 Å². The summed E-state index contributed by atoms with van der Waals surface area (Å²) in [6.07, 6.45) is 2.33. The van der Waals surface area contributed by atoms with Gasteiger partial charge in [-0.15, -0.1) is 0 Å². The number of carbonyl (C=O) groups is 3. The normalized spacial score (nSPS) is 10.6. The first-order valence-electron chi connectivity index (χ1n) is 8.54. The Kier molecular flexibility index (Phi) is 6.65. The van der Waals surface area contributed by atoms with Crippen molar-refractivity contribution in [1.29, 1.82) is 0 Å². The molecule has 1 heterocycles. The first-order chi connectivity index (χ1) is 12.8. The zero-order valence-corrected chi connectivity index (χ0v) is 15.7. The lowest BCUT2D eigenvalue weighted by atomic mass is 10.1. The first kappa shape index (κ1) is 20.1. The summed E-state index contributed by atoms with van der Waals surface area (Å²) in [6.45, 7) is 6.89. The second-order valence-electron chi connectivity index (χ2n) is 6.40. The van der Waals surface area contributed by atoms with Gasteiger partial charge in [0.15, 0.2) is 0 Å². The quantitative estimate of drug-likeness (QED) is 0.783. The highest BCUT2D eigenvalue weighted by Crippen LogP contribution is 2.19. The van der Waals surface area contributed by atoms with E-state index in [-0.39, 0.29) is 29.0 Å². The van der Waals surface area contributed by atoms with Crippen LogP contribution in [0.4, 0.5) is 5.69 Å². The van der Waals surface area contributed by atoms with Crippen molar-refractivity contribution < 1.29 is 23.9 Å². The van der Waals surface area contributed by atoms with Gasteiger partial charge in [-0.1, -0.05) is 0 Å². The monoisotopic (exact) mass is 370 g/mol. The number of anilines is 1. The number of carbonyl (C=O) groups excluding carboxylic acids is 3. The maximum atomic E-state index is 12.3. The van der Waals surface area contributed by atoms with Crippen molar-refractivity contribution >= 4 is 23.5 Å². The van der Waals surface area contributed by atoms with E-state index < -0.39 is 17.8 Å². The zero-order valence-electron chi connectivity index (χ0n) is 15.7. The standard InChI is InChI=1S/C20H22N2O5/c1-12(2)26-19(24)15-8-16(20(25)27-13(3)4)10-17(9-15)22-18(23)14-6-5-7-21-11-14/h5-13H,1-4H3,(H,22,23). The third kappa shape index (κ3) is 5.91. The van der Waals surface area contributed by atoms with Crippen LogP contribution in [0.3, 0.4) is 0 Å². The Balaban J connectivity index is 2.35. The molecule has 0 aliphatic carbocycles. The third-order valence-electron chi connectivity index (χ3n) is 3.27. The maximum Gasteiger partial charge on any atom is 0.338 e. The van der Waals surface area contributed by atoms with E-state index in [1.165, 1.54) is 24.4 Å². The van der Waals surface area contributed by atoms with Crippen molar-refractivity contribution in [1.82, 2.24) is 4.98 Å². The van der Waals surface area contributed by atoms with Gasteiger partial charge in [-0.2, -0.15) is 0 Å². The molecule has 142 valence electrons. The second kappa shape index (κ2) is 8.93. The van der Waals surface area contributed by atoms with E-state index in [0.29, 0.717) is 5.56 Å². The second-order valence-corrected chi connectivity index (χ2v) is 6.40. The molecular weight excluding hydrogens is 348 g/mol. The van der Waals surface area contributed by atoms with Gasteiger partial charge in [0.2, 0.25) is 0 Å². The van der Waals surface area contributed by atoms with E-state index in [4.69, 9.17) is 9.47 Å². The van der Waals surface area contributed by atoms with Crippen molar-refractivity contribution in [3.05, 3.63) is 59.4 Å². The van der Waals surface area contributed by atoms with Crippen LogP contribution in [-0.4, -0.2) is 35.0 Å². The van der Waals surface area contributed by atoms with Gasteiger partial charge in [0.05, 0.1) is 28.9 Å². The minimum absolute atomic E-state index is 0.142. The number of aromatic nitrogens is 1. The molecule has 1 amide bonds. The Morgan fingerprint density at radius 3 is 1.89 bits per heavy atom. The fourth-order valence-corrected chi connectivity index (χ4v) is 2.20. The van der Waals surface area contributed by atoms with Gasteiger partial charge in [-0.3, -0.25) is 9.78 Å². The Labute approximate surface area is 157 Å². The predicted octanol–water partition coefficient (Wildman–Crippen LogP) is 3.46. The molecule has 0 saturated heterocycles. The summed E-state index contributed by atoms with van der Waals surface area (Å²) < 4.78 is 10.4. The van der Waals surface area contributed by atoms with Crippen LogP contribution in [0.5, 0.6) is 0 Å². The van der Waals surface area contributed by atoms with Gasteiger partial charge >= 0.3 is 11.9 Å². The number of nitrogens with one attached hydrogen (secondary N) is 1. The number of nitrogens with zero attached hydrogens (tertiary/aromatic N) is 1. The summed E-state index contributed by atoms with van der Waals surface area (Å²) in [5.74, 6) is -1.61. The molecule has 7 heteroatoms. The van der Waals surface area contributed by atoms with Crippen LogP contribution in [0.15, 0.2) is 42.7 Å². The number of esters is 2. The first-order valence-corrected chi connectivity index (χ1v) is 8.54. The van der Waals surface area contributed by atoms with Gasteiger partial charge in [0, 0.05) is 18.1 Å². The summed E-state index contributed by atoms with van der Waals surface area (Å²) in [6, 6.07) is 7.52. The highest BCUT2D eigenvalue weighted by molar-refractivity contribution is 6.05. The lowest BCUT2D eigenvalue weighted by Gasteiger charge is -2.13. The fourth-order valence-electron chi connectivity index (χ4n) is 2.20. The molecule has 0 fully saturated rings. The SMILES string of the molecule is CC(C)OC(=O)c1cc(NC(=O)c2cccnc2)cc(C(=O)OC(C)C)c1. The smallest absolute Gasteiger partial charge is 0.338 e. The molecule has 1 aromatic heterocycles. The van der Waals surface area contributed by atoms with Crippen LogP contribution in [0.2, 0.25) is 0 Å². The van der Waals surface area contributed by atoms with Gasteiger partial charge < -0.3 is 14.8 Å². The predicted molar refractivity (Wildman–Crippen MR) is 99.7 cm³/mol. The highest BCUT2D eigenvalue weighted by Gasteiger charge is 2.18. The molecule has 0 aliphatic heterocycles. The van der Waals surface area contributed by atoms with Gasteiger partial charge in [-0.25, -0.2) is 9.59 Å². The van der Waals surface area contributed by atoms with Crippen LogP contribution >= 0.6 is 0 Å². The number of amides is 1. The molecule has 0 atom stereocenters. The molecule has 0 unspecified atom stereocenters. The van der Waals surface area contributed by atoms with Crippen molar-refractivity contribution in [2.75, 3.05) is 5.32 Å². The van der Waals surface area contributed by atoms with E-state index in [1.54, 1.807) is 46.0 Å². The summed E-state index contributed by atoms with van der Waals surface area (Å²) >= 11 is 0. The average Bonchev–Trinajstić information content (AvgIpc) is 2.61. The van der Waals surface area contributed by atoms with Crippen LogP contribution in [0, 0.1) is 0 Å². The van der Waals surface area contributed by atoms with Gasteiger partial charge in [-0.05, 0) is 58.0 Å². The zero-order chi connectivity index (χ0) is 20.0. The van der Waals surface area contributed by atoms with E-state index in [9.17, 15) is 14.4 Å². The topological polar surface area (TPSA) is 94.6 Å². The number of ether oxygens (including phenoxy) is 2. The van der Waals surface area contributed by atoms with Gasteiger partial charge in [0.25, 0.3) is 5.91 Å². The molecule has 2 rings (SSSR count). The Morgan fingerprint density at radius 1 is 0.889 bits per heavy atom. The number of hydrogen-bond donors (Lipinski definition) is 1. The van der Waals surface area contributed by atoms with E-state index in [0.717, 1.165) is 0 Å². The summed E-state index contributed by atoms with van der Waals surface area (Å²) in [5.41, 5.74) is 0.906. The number of pyridine rings is 1. The molecule has 2 aromatic rings. The molecular formula is C20H22N2O5. The summed E-state index contributed by atoms with van der Waals surface area (Å²) in [4.78, 5) is 40.8. The van der Waals surface area contributed by atoms with Crippen molar-refractivity contribution in [3.8, 4) is 0 Å². The third-order valence-corrected chi connectivity index (χ3v) is 3.27. The Morgan fingerprint density at radius 2 is 1.44 bits per heavy atom. The number of benzene rings is 1. The Hall–Kier alpha value is -3.22. The molecule has 0 radical (unpaired) electrons. The van der Waals surface area contributed by atoms with E-state index >= 15 is 0 Å². The number of rotatable bonds is 6. The molecule has 0 aliphatic rings. The van der Waals surface area contributed by atoms with Crippen LogP contribution in [-0.2, 0) is 9.47 Å². The Bertz CT molecular complexity index is 791. The largest absolute Gasteiger partial charge is 0.459 e. The molecule has 0 spiro atoms. The molecule has 7 nitrogen and oxygen atoms in total. The van der Waals surface area contributed by atoms with Crippen molar-refractivity contribution in [2.45, 2.75) is 39.9 Å². The average molecular weight is 370 g/mol. The fraction of sp³-hybridized carbons (Fsp3) is 0.300. The number of hydrogen-bond acceptors (Lipinski definition) is 6. The molecule has 0 bridgehead atoms. The van der Waals surface area contributed by atoms with E-state index in [2.05, 4.69) is 10.3 Å².